The van der Waals surface area contributed by atoms with E-state index in [1.165, 1.54) is 27.8 Å². The Hall–Kier alpha value is -1.55. The zero-order valence-corrected chi connectivity index (χ0v) is 17.7. The van der Waals surface area contributed by atoms with Crippen LogP contribution in [-0.4, -0.2) is 38.5 Å². The van der Waals surface area contributed by atoms with Crippen LogP contribution in [0.4, 0.5) is 0 Å². The number of benzene rings is 1. The largest absolute Gasteiger partial charge is 0.340 e. The van der Waals surface area contributed by atoms with Gasteiger partial charge in [0.2, 0.25) is 11.1 Å². The van der Waals surface area contributed by atoms with Crippen molar-refractivity contribution in [2.45, 2.75) is 11.7 Å². The highest BCUT2D eigenvalue weighted by molar-refractivity contribution is 9.10. The van der Waals surface area contributed by atoms with Crippen molar-refractivity contribution in [3.8, 4) is 11.4 Å². The molecule has 0 bridgehead atoms. The molecule has 2 heterocycles. The lowest BCUT2D eigenvalue weighted by Gasteiger charge is -2.15. The lowest BCUT2D eigenvalue weighted by molar-refractivity contribution is -0.127. The van der Waals surface area contributed by atoms with Crippen molar-refractivity contribution in [1.29, 1.82) is 0 Å². The summed E-state index contributed by atoms with van der Waals surface area (Å²) < 4.78 is 2.99. The molecule has 2 aromatic heterocycles. The highest BCUT2D eigenvalue weighted by atomic mass is 79.9. The highest BCUT2D eigenvalue weighted by Crippen LogP contribution is 2.28. The van der Waals surface area contributed by atoms with Gasteiger partial charge in [-0.2, -0.15) is 0 Å². The SMILES string of the molecule is CN(Cc1ccc(Cl)s1)C(=O)CSc1nnc(-c2ccccc2Br)n1N. The van der Waals surface area contributed by atoms with Crippen LogP contribution < -0.4 is 5.84 Å². The fourth-order valence-electron chi connectivity index (χ4n) is 2.20. The van der Waals surface area contributed by atoms with E-state index in [0.29, 0.717) is 21.9 Å². The number of hydrogen-bond donors (Lipinski definition) is 1. The normalized spacial score (nSPS) is 10.9. The van der Waals surface area contributed by atoms with E-state index in [1.54, 1.807) is 11.9 Å². The van der Waals surface area contributed by atoms with Crippen LogP contribution in [0.2, 0.25) is 4.34 Å². The third-order valence-electron chi connectivity index (χ3n) is 3.55. The summed E-state index contributed by atoms with van der Waals surface area (Å²) in [6.45, 7) is 0.522. The molecule has 0 aliphatic heterocycles. The first kappa shape index (κ1) is 19.2. The number of nitrogen functional groups attached to an aromatic ring is 1. The van der Waals surface area contributed by atoms with Crippen LogP contribution in [0, 0.1) is 0 Å². The Bertz CT molecular complexity index is 929. The maximum absolute atomic E-state index is 12.3. The van der Waals surface area contributed by atoms with Gasteiger partial charge in [0.25, 0.3) is 0 Å². The van der Waals surface area contributed by atoms with Gasteiger partial charge in [-0.25, -0.2) is 4.68 Å². The zero-order valence-electron chi connectivity index (χ0n) is 13.7. The van der Waals surface area contributed by atoms with Gasteiger partial charge in [-0.05, 0) is 24.3 Å². The fraction of sp³-hybridized carbons (Fsp3) is 0.188. The first-order valence-corrected chi connectivity index (χ1v) is 10.5. The maximum atomic E-state index is 12.3. The second-order valence-corrected chi connectivity index (χ2v) is 9.00. The molecule has 10 heteroatoms. The average molecular weight is 473 g/mol. The van der Waals surface area contributed by atoms with E-state index in [0.717, 1.165) is 14.9 Å². The minimum absolute atomic E-state index is 0.0232. The summed E-state index contributed by atoms with van der Waals surface area (Å²) in [5.41, 5.74) is 0.840. The van der Waals surface area contributed by atoms with Gasteiger partial charge in [0, 0.05) is 22.0 Å². The number of carbonyl (C=O) groups is 1. The molecule has 0 radical (unpaired) electrons. The molecule has 3 aromatic rings. The van der Waals surface area contributed by atoms with E-state index in [2.05, 4.69) is 26.1 Å². The van der Waals surface area contributed by atoms with E-state index in [4.69, 9.17) is 17.4 Å². The van der Waals surface area contributed by atoms with Crippen molar-refractivity contribution in [3.05, 3.63) is 50.1 Å². The van der Waals surface area contributed by atoms with E-state index in [1.807, 2.05) is 36.4 Å². The summed E-state index contributed by atoms with van der Waals surface area (Å²) in [5.74, 6) is 6.84. The number of thiophene rings is 1. The van der Waals surface area contributed by atoms with Gasteiger partial charge in [-0.15, -0.1) is 21.5 Å². The number of hydrogen-bond acceptors (Lipinski definition) is 6. The van der Waals surface area contributed by atoms with Crippen molar-refractivity contribution >= 4 is 56.5 Å². The molecule has 0 spiro atoms. The lowest BCUT2D eigenvalue weighted by Crippen LogP contribution is -2.27. The third-order valence-corrected chi connectivity index (χ3v) is 6.39. The van der Waals surface area contributed by atoms with E-state index >= 15 is 0 Å². The van der Waals surface area contributed by atoms with Crippen LogP contribution >= 0.6 is 50.6 Å². The number of halogens is 2. The second-order valence-electron chi connectivity index (χ2n) is 5.40. The molecular weight excluding hydrogens is 458 g/mol. The summed E-state index contributed by atoms with van der Waals surface area (Å²) in [4.78, 5) is 15.0. The number of amides is 1. The first-order valence-electron chi connectivity index (χ1n) is 7.52. The monoisotopic (exact) mass is 471 g/mol. The number of nitrogens with zero attached hydrogens (tertiary/aromatic N) is 4. The highest BCUT2D eigenvalue weighted by Gasteiger charge is 2.17. The van der Waals surface area contributed by atoms with Gasteiger partial charge in [-0.3, -0.25) is 4.79 Å². The topological polar surface area (TPSA) is 77.0 Å². The molecule has 26 heavy (non-hydrogen) atoms. The molecular formula is C16H15BrClN5OS2. The van der Waals surface area contributed by atoms with Crippen LogP contribution in [-0.2, 0) is 11.3 Å². The van der Waals surface area contributed by atoms with Crippen LogP contribution in [0.3, 0.4) is 0 Å². The number of aromatic nitrogens is 3. The molecule has 2 N–H and O–H groups in total. The van der Waals surface area contributed by atoms with Crippen molar-refractivity contribution in [2.75, 3.05) is 18.6 Å². The molecule has 1 amide bonds. The number of carbonyl (C=O) groups excluding carboxylic acids is 1. The van der Waals surface area contributed by atoms with Crippen LogP contribution in [0.1, 0.15) is 4.88 Å². The van der Waals surface area contributed by atoms with Gasteiger partial charge < -0.3 is 10.7 Å². The summed E-state index contributed by atoms with van der Waals surface area (Å²) >= 11 is 12.1. The molecule has 6 nitrogen and oxygen atoms in total. The summed E-state index contributed by atoms with van der Waals surface area (Å²) in [6, 6.07) is 11.4. The van der Waals surface area contributed by atoms with Crippen molar-refractivity contribution in [3.63, 3.8) is 0 Å². The molecule has 0 saturated carbocycles. The van der Waals surface area contributed by atoms with Crippen molar-refractivity contribution < 1.29 is 4.79 Å². The van der Waals surface area contributed by atoms with Gasteiger partial charge in [-0.1, -0.05) is 51.4 Å². The predicted molar refractivity (Wildman–Crippen MR) is 110 cm³/mol. The summed E-state index contributed by atoms with van der Waals surface area (Å²) in [6.07, 6.45) is 0. The quantitative estimate of drug-likeness (QED) is 0.435. The van der Waals surface area contributed by atoms with E-state index in [-0.39, 0.29) is 11.7 Å². The maximum Gasteiger partial charge on any atom is 0.233 e. The van der Waals surface area contributed by atoms with Gasteiger partial charge in [0.15, 0.2) is 5.82 Å². The zero-order chi connectivity index (χ0) is 18.7. The Balaban J connectivity index is 1.63. The molecule has 1 aromatic carbocycles. The molecule has 3 rings (SSSR count). The number of nitrogens with two attached hydrogens (primary N) is 1. The number of rotatable bonds is 6. The Kier molecular flexibility index (Phi) is 6.23. The standard InChI is InChI=1S/C16H15BrClN5OS2/c1-22(8-10-6-7-13(18)26-10)14(24)9-25-16-21-20-15(23(16)19)11-4-2-3-5-12(11)17/h2-7H,8-9,19H2,1H3. The Labute approximate surface area is 172 Å². The smallest absolute Gasteiger partial charge is 0.233 e. The number of thioether (sulfide) groups is 1. The molecule has 0 atom stereocenters. The van der Waals surface area contributed by atoms with Gasteiger partial charge in [0.05, 0.1) is 16.6 Å². The predicted octanol–water partition coefficient (Wildman–Crippen LogP) is 3.89. The first-order chi connectivity index (χ1) is 12.5. The van der Waals surface area contributed by atoms with Gasteiger partial charge >= 0.3 is 0 Å². The minimum atomic E-state index is -0.0232. The molecule has 0 saturated heterocycles. The Morgan fingerprint density at radius 3 is 2.81 bits per heavy atom. The van der Waals surface area contributed by atoms with Crippen LogP contribution in [0.25, 0.3) is 11.4 Å². The van der Waals surface area contributed by atoms with E-state index < -0.39 is 0 Å². The van der Waals surface area contributed by atoms with Gasteiger partial charge in [0.1, 0.15) is 0 Å². The fourth-order valence-corrected chi connectivity index (χ4v) is 4.60. The lowest BCUT2D eigenvalue weighted by atomic mass is 10.2. The van der Waals surface area contributed by atoms with Crippen molar-refractivity contribution in [2.24, 2.45) is 0 Å². The van der Waals surface area contributed by atoms with Crippen LogP contribution in [0.15, 0.2) is 46.0 Å². The molecule has 0 unspecified atom stereocenters. The second kappa shape index (κ2) is 8.43. The Morgan fingerprint density at radius 1 is 1.35 bits per heavy atom. The summed E-state index contributed by atoms with van der Waals surface area (Å²) in [7, 11) is 1.76. The molecule has 0 fully saturated rings. The molecule has 136 valence electrons. The Morgan fingerprint density at radius 2 is 2.12 bits per heavy atom. The van der Waals surface area contributed by atoms with E-state index in [9.17, 15) is 4.79 Å². The molecule has 0 aliphatic carbocycles. The third kappa shape index (κ3) is 4.40. The molecule has 0 aliphatic rings. The van der Waals surface area contributed by atoms with Crippen molar-refractivity contribution in [1.82, 2.24) is 19.8 Å². The van der Waals surface area contributed by atoms with Crippen LogP contribution in [0.5, 0.6) is 0 Å². The minimum Gasteiger partial charge on any atom is -0.340 e. The average Bonchev–Trinajstić information content (AvgIpc) is 3.19. The summed E-state index contributed by atoms with van der Waals surface area (Å²) in [5, 5.41) is 8.72.